The van der Waals surface area contributed by atoms with Gasteiger partial charge in [0.05, 0.1) is 26.4 Å². The van der Waals surface area contributed by atoms with Crippen molar-refractivity contribution in [2.45, 2.75) is 13.5 Å². The summed E-state index contributed by atoms with van der Waals surface area (Å²) in [6.45, 7) is 2.81. The van der Waals surface area contributed by atoms with Gasteiger partial charge in [-0.3, -0.25) is 4.79 Å². The maximum Gasteiger partial charge on any atom is 0.337 e. The minimum absolute atomic E-state index is 0.222. The lowest BCUT2D eigenvalue weighted by molar-refractivity contribution is -0.116. The first-order valence-corrected chi connectivity index (χ1v) is 8.51. The summed E-state index contributed by atoms with van der Waals surface area (Å²) in [4.78, 5) is 23.4. The topological polar surface area (TPSA) is 73.9 Å². The summed E-state index contributed by atoms with van der Waals surface area (Å²) in [7, 11) is 2.91. The van der Waals surface area contributed by atoms with Gasteiger partial charge in [-0.15, -0.1) is 0 Å². The van der Waals surface area contributed by atoms with Crippen LogP contribution in [-0.2, 0) is 16.1 Å². The van der Waals surface area contributed by atoms with Gasteiger partial charge in [0.1, 0.15) is 0 Å². The highest BCUT2D eigenvalue weighted by atomic mass is 16.5. The first kappa shape index (κ1) is 20.0. The number of methoxy groups -OCH3 is 2. The molecule has 0 heterocycles. The number of carbonyl (C=O) groups excluding carboxylic acids is 2. The Bertz CT molecular complexity index is 812. The first-order chi connectivity index (χ1) is 13.1. The van der Waals surface area contributed by atoms with Crippen molar-refractivity contribution in [3.8, 4) is 11.5 Å². The van der Waals surface area contributed by atoms with Crippen LogP contribution in [0.4, 0.5) is 0 Å². The molecule has 0 atom stereocenters. The maximum atomic E-state index is 12.0. The van der Waals surface area contributed by atoms with Crippen LogP contribution in [0.3, 0.4) is 0 Å². The van der Waals surface area contributed by atoms with Crippen molar-refractivity contribution in [2.75, 3.05) is 20.8 Å². The van der Waals surface area contributed by atoms with Crippen LogP contribution in [0.5, 0.6) is 11.5 Å². The third kappa shape index (κ3) is 5.88. The van der Waals surface area contributed by atoms with E-state index < -0.39 is 0 Å². The Morgan fingerprint density at radius 3 is 2.41 bits per heavy atom. The van der Waals surface area contributed by atoms with Crippen molar-refractivity contribution in [3.63, 3.8) is 0 Å². The van der Waals surface area contributed by atoms with E-state index in [1.807, 2.05) is 19.1 Å². The van der Waals surface area contributed by atoms with Gasteiger partial charge in [-0.25, -0.2) is 4.79 Å². The Kier molecular flexibility index (Phi) is 7.43. The largest absolute Gasteiger partial charge is 0.493 e. The van der Waals surface area contributed by atoms with E-state index in [9.17, 15) is 9.59 Å². The van der Waals surface area contributed by atoms with E-state index in [-0.39, 0.29) is 11.9 Å². The fourth-order valence-corrected chi connectivity index (χ4v) is 2.36. The monoisotopic (exact) mass is 369 g/mol. The van der Waals surface area contributed by atoms with Crippen LogP contribution in [0.25, 0.3) is 6.08 Å². The molecule has 6 heteroatoms. The molecule has 0 aliphatic rings. The molecule has 27 heavy (non-hydrogen) atoms. The van der Waals surface area contributed by atoms with Crippen molar-refractivity contribution < 1.29 is 23.8 Å². The van der Waals surface area contributed by atoms with E-state index in [0.717, 1.165) is 11.1 Å². The zero-order valence-electron chi connectivity index (χ0n) is 15.7. The van der Waals surface area contributed by atoms with Crippen LogP contribution in [0, 0.1) is 0 Å². The van der Waals surface area contributed by atoms with Gasteiger partial charge in [0.2, 0.25) is 5.91 Å². The van der Waals surface area contributed by atoms with Gasteiger partial charge in [0.15, 0.2) is 11.5 Å². The quantitative estimate of drug-likeness (QED) is 0.571. The van der Waals surface area contributed by atoms with Crippen LogP contribution < -0.4 is 14.8 Å². The summed E-state index contributed by atoms with van der Waals surface area (Å²) < 4.78 is 15.4. The predicted molar refractivity (Wildman–Crippen MR) is 103 cm³/mol. The van der Waals surface area contributed by atoms with Gasteiger partial charge >= 0.3 is 5.97 Å². The van der Waals surface area contributed by atoms with Crippen LogP contribution in [0.2, 0.25) is 0 Å². The predicted octanol–water partition coefficient (Wildman–Crippen LogP) is 3.21. The zero-order chi connectivity index (χ0) is 19.6. The number of esters is 1. The Hall–Kier alpha value is -3.28. The summed E-state index contributed by atoms with van der Waals surface area (Å²) in [5.74, 6) is 0.668. The van der Waals surface area contributed by atoms with Crippen molar-refractivity contribution in [2.24, 2.45) is 0 Å². The number of hydrogen-bond donors (Lipinski definition) is 1. The number of carbonyl (C=O) groups is 2. The first-order valence-electron chi connectivity index (χ1n) is 8.51. The van der Waals surface area contributed by atoms with Crippen molar-refractivity contribution in [3.05, 3.63) is 65.2 Å². The Morgan fingerprint density at radius 2 is 1.78 bits per heavy atom. The van der Waals surface area contributed by atoms with E-state index in [2.05, 4.69) is 10.1 Å². The molecule has 0 aliphatic carbocycles. The molecule has 1 N–H and O–H groups in total. The van der Waals surface area contributed by atoms with Gasteiger partial charge in [0, 0.05) is 12.6 Å². The molecule has 0 fully saturated rings. The number of hydrogen-bond acceptors (Lipinski definition) is 5. The number of rotatable bonds is 8. The van der Waals surface area contributed by atoms with Gasteiger partial charge in [0.25, 0.3) is 0 Å². The highest BCUT2D eigenvalue weighted by Gasteiger charge is 2.06. The summed E-state index contributed by atoms with van der Waals surface area (Å²) >= 11 is 0. The number of nitrogens with one attached hydrogen (secondary N) is 1. The molecule has 2 rings (SSSR count). The average molecular weight is 369 g/mol. The lowest BCUT2D eigenvalue weighted by Crippen LogP contribution is -2.20. The highest BCUT2D eigenvalue weighted by molar-refractivity contribution is 5.92. The number of benzene rings is 2. The van der Waals surface area contributed by atoms with Crippen LogP contribution >= 0.6 is 0 Å². The minimum Gasteiger partial charge on any atom is -0.493 e. The van der Waals surface area contributed by atoms with E-state index in [0.29, 0.717) is 30.2 Å². The van der Waals surface area contributed by atoms with Crippen molar-refractivity contribution >= 4 is 18.0 Å². The summed E-state index contributed by atoms with van der Waals surface area (Å²) in [5, 5.41) is 2.79. The summed E-state index contributed by atoms with van der Waals surface area (Å²) in [6, 6.07) is 12.3. The van der Waals surface area contributed by atoms with Crippen LogP contribution in [0.1, 0.15) is 28.4 Å². The fourth-order valence-electron chi connectivity index (χ4n) is 2.36. The van der Waals surface area contributed by atoms with E-state index >= 15 is 0 Å². The molecule has 0 radical (unpaired) electrons. The minimum atomic E-state index is -0.390. The molecule has 2 aromatic carbocycles. The van der Waals surface area contributed by atoms with Crippen LogP contribution in [-0.4, -0.2) is 32.7 Å². The van der Waals surface area contributed by atoms with Crippen LogP contribution in [0.15, 0.2) is 48.5 Å². The number of amides is 1. The molecule has 0 saturated heterocycles. The second-order valence-corrected chi connectivity index (χ2v) is 5.58. The molecular formula is C21H23NO5. The molecule has 0 saturated carbocycles. The summed E-state index contributed by atoms with van der Waals surface area (Å²) in [6.07, 6.45) is 3.16. The van der Waals surface area contributed by atoms with Gasteiger partial charge in [-0.05, 0) is 48.4 Å². The lowest BCUT2D eigenvalue weighted by Gasteiger charge is -2.09. The van der Waals surface area contributed by atoms with Crippen molar-refractivity contribution in [1.82, 2.24) is 5.32 Å². The standard InChI is InChI=1S/C21H23NO5/c1-4-27-18-11-7-15(13-19(18)25-2)8-12-20(23)22-14-16-5-9-17(10-6-16)21(24)26-3/h5-13H,4,14H2,1-3H3,(H,22,23)/b12-8+. The van der Waals surface area contributed by atoms with Gasteiger partial charge in [-0.2, -0.15) is 0 Å². The molecule has 2 aromatic rings. The summed E-state index contributed by atoms with van der Waals surface area (Å²) in [5.41, 5.74) is 2.18. The second-order valence-electron chi connectivity index (χ2n) is 5.58. The third-order valence-electron chi connectivity index (χ3n) is 3.76. The lowest BCUT2D eigenvalue weighted by atomic mass is 10.1. The van der Waals surface area contributed by atoms with Gasteiger partial charge in [-0.1, -0.05) is 18.2 Å². The number of ether oxygens (including phenoxy) is 3. The normalized spacial score (nSPS) is 10.5. The van der Waals surface area contributed by atoms with E-state index in [1.54, 1.807) is 43.5 Å². The third-order valence-corrected chi connectivity index (χ3v) is 3.76. The zero-order valence-corrected chi connectivity index (χ0v) is 15.7. The Labute approximate surface area is 158 Å². The molecule has 1 amide bonds. The molecule has 0 bridgehead atoms. The molecule has 142 valence electrons. The molecule has 6 nitrogen and oxygen atoms in total. The molecule has 0 spiro atoms. The Balaban J connectivity index is 1.92. The molecule has 0 aliphatic heterocycles. The SMILES string of the molecule is CCOc1ccc(/C=C/C(=O)NCc2ccc(C(=O)OC)cc2)cc1OC. The molecular weight excluding hydrogens is 346 g/mol. The van der Waals surface area contributed by atoms with E-state index in [1.165, 1.54) is 13.2 Å². The maximum absolute atomic E-state index is 12.0. The Morgan fingerprint density at radius 1 is 1.04 bits per heavy atom. The molecule has 0 aromatic heterocycles. The molecule has 0 unspecified atom stereocenters. The second kappa shape index (κ2) is 10.0. The smallest absolute Gasteiger partial charge is 0.337 e. The van der Waals surface area contributed by atoms with Gasteiger partial charge < -0.3 is 19.5 Å². The fraction of sp³-hybridized carbons (Fsp3) is 0.238. The van der Waals surface area contributed by atoms with E-state index in [4.69, 9.17) is 9.47 Å². The highest BCUT2D eigenvalue weighted by Crippen LogP contribution is 2.28. The average Bonchev–Trinajstić information content (AvgIpc) is 2.71. The van der Waals surface area contributed by atoms with Crippen molar-refractivity contribution in [1.29, 1.82) is 0 Å².